The van der Waals surface area contributed by atoms with Crippen LogP contribution in [0.4, 0.5) is 4.39 Å². The van der Waals surface area contributed by atoms with Crippen LogP contribution < -0.4 is 5.32 Å². The summed E-state index contributed by atoms with van der Waals surface area (Å²) >= 11 is 5.81. The summed E-state index contributed by atoms with van der Waals surface area (Å²) in [5.41, 5.74) is 1.69. The molecule has 1 aromatic carbocycles. The Balaban J connectivity index is 2.12. The van der Waals surface area contributed by atoms with Gasteiger partial charge in [-0.15, -0.1) is 0 Å². The summed E-state index contributed by atoms with van der Waals surface area (Å²) in [5, 5.41) is 8.01. The van der Waals surface area contributed by atoms with Gasteiger partial charge in [-0.3, -0.25) is 4.68 Å². The van der Waals surface area contributed by atoms with E-state index in [1.807, 2.05) is 6.07 Å². The lowest BCUT2D eigenvalue weighted by atomic mass is 10.1. The van der Waals surface area contributed by atoms with Gasteiger partial charge in [-0.1, -0.05) is 17.7 Å². The van der Waals surface area contributed by atoms with E-state index in [1.54, 1.807) is 23.1 Å². The van der Waals surface area contributed by atoms with Crippen molar-refractivity contribution in [1.82, 2.24) is 15.1 Å². The molecule has 1 aromatic heterocycles. The Morgan fingerprint density at radius 2 is 2.10 bits per heavy atom. The summed E-state index contributed by atoms with van der Waals surface area (Å²) in [4.78, 5) is 0. The molecule has 0 saturated heterocycles. The van der Waals surface area contributed by atoms with Gasteiger partial charge in [-0.05, 0) is 38.5 Å². The first-order valence-corrected chi connectivity index (χ1v) is 6.91. The highest BCUT2D eigenvalue weighted by Gasteiger charge is 2.10. The molecule has 0 bridgehead atoms. The lowest BCUT2D eigenvalue weighted by Crippen LogP contribution is -2.35. The number of benzene rings is 1. The molecule has 108 valence electrons. The van der Waals surface area contributed by atoms with Crippen molar-refractivity contribution < 1.29 is 4.39 Å². The third-order valence-electron chi connectivity index (χ3n) is 2.87. The van der Waals surface area contributed by atoms with Crippen molar-refractivity contribution in [3.05, 3.63) is 52.6 Å². The fourth-order valence-corrected chi connectivity index (χ4v) is 1.98. The zero-order valence-electron chi connectivity index (χ0n) is 12.0. The second-order valence-electron chi connectivity index (χ2n) is 5.89. The number of rotatable bonds is 4. The van der Waals surface area contributed by atoms with Gasteiger partial charge in [-0.2, -0.15) is 5.10 Å². The average molecular weight is 296 g/mol. The summed E-state index contributed by atoms with van der Waals surface area (Å²) in [6, 6.07) is 5.16. The van der Waals surface area contributed by atoms with E-state index in [1.165, 1.54) is 6.07 Å². The van der Waals surface area contributed by atoms with Crippen molar-refractivity contribution in [2.24, 2.45) is 0 Å². The van der Waals surface area contributed by atoms with Crippen molar-refractivity contribution in [1.29, 1.82) is 0 Å². The number of nitrogens with one attached hydrogen (secondary N) is 1. The van der Waals surface area contributed by atoms with E-state index in [0.29, 0.717) is 23.7 Å². The maximum Gasteiger partial charge on any atom is 0.128 e. The van der Waals surface area contributed by atoms with E-state index < -0.39 is 0 Å². The van der Waals surface area contributed by atoms with E-state index in [2.05, 4.69) is 31.2 Å². The van der Waals surface area contributed by atoms with E-state index in [0.717, 1.165) is 5.56 Å². The van der Waals surface area contributed by atoms with Crippen molar-refractivity contribution in [3.8, 4) is 0 Å². The molecule has 0 amide bonds. The highest BCUT2D eigenvalue weighted by molar-refractivity contribution is 6.30. The fourth-order valence-electron chi connectivity index (χ4n) is 1.83. The maximum atomic E-state index is 13.8. The lowest BCUT2D eigenvalue weighted by Gasteiger charge is -2.20. The largest absolute Gasteiger partial charge is 0.308 e. The highest BCUT2D eigenvalue weighted by atomic mass is 35.5. The quantitative estimate of drug-likeness (QED) is 0.934. The Morgan fingerprint density at radius 1 is 1.35 bits per heavy atom. The predicted molar refractivity (Wildman–Crippen MR) is 79.3 cm³/mol. The van der Waals surface area contributed by atoms with E-state index in [9.17, 15) is 4.39 Å². The molecule has 2 rings (SSSR count). The molecule has 0 aliphatic rings. The van der Waals surface area contributed by atoms with Gasteiger partial charge in [0.2, 0.25) is 0 Å². The first-order chi connectivity index (χ1) is 9.33. The molecule has 0 spiro atoms. The third-order valence-corrected chi connectivity index (χ3v) is 3.06. The van der Waals surface area contributed by atoms with Gasteiger partial charge in [0.1, 0.15) is 5.82 Å². The summed E-state index contributed by atoms with van der Waals surface area (Å²) in [6.07, 6.45) is 3.23. The minimum absolute atomic E-state index is 0.0318. The predicted octanol–water partition coefficient (Wildman–Crippen LogP) is 3.61. The van der Waals surface area contributed by atoms with Crippen LogP contribution in [0.2, 0.25) is 5.02 Å². The van der Waals surface area contributed by atoms with Gasteiger partial charge in [0, 0.05) is 23.8 Å². The van der Waals surface area contributed by atoms with Gasteiger partial charge in [-0.25, -0.2) is 4.39 Å². The third kappa shape index (κ3) is 4.32. The number of nitrogens with zero attached hydrogens (tertiary/aromatic N) is 2. The molecule has 0 unspecified atom stereocenters. The molecule has 0 atom stereocenters. The van der Waals surface area contributed by atoms with Crippen LogP contribution >= 0.6 is 11.6 Å². The van der Waals surface area contributed by atoms with Crippen LogP contribution in [0.3, 0.4) is 0 Å². The van der Waals surface area contributed by atoms with Crippen LogP contribution in [0, 0.1) is 5.82 Å². The Morgan fingerprint density at radius 3 is 2.70 bits per heavy atom. The molecular weight excluding hydrogens is 277 g/mol. The second-order valence-corrected chi connectivity index (χ2v) is 6.32. The minimum Gasteiger partial charge on any atom is -0.308 e. The monoisotopic (exact) mass is 295 g/mol. The van der Waals surface area contributed by atoms with Crippen LogP contribution in [0.5, 0.6) is 0 Å². The molecule has 0 aliphatic carbocycles. The smallest absolute Gasteiger partial charge is 0.128 e. The molecule has 0 aliphatic heterocycles. The number of hydrogen-bond acceptors (Lipinski definition) is 2. The molecule has 0 saturated carbocycles. The molecule has 1 heterocycles. The first-order valence-electron chi connectivity index (χ1n) is 6.54. The minimum atomic E-state index is -0.226. The molecule has 20 heavy (non-hydrogen) atoms. The Bertz CT molecular complexity index is 587. The van der Waals surface area contributed by atoms with Gasteiger partial charge >= 0.3 is 0 Å². The van der Waals surface area contributed by atoms with Crippen LogP contribution in [0.15, 0.2) is 30.6 Å². The van der Waals surface area contributed by atoms with Gasteiger partial charge < -0.3 is 5.32 Å². The number of hydrogen-bond donors (Lipinski definition) is 1. The van der Waals surface area contributed by atoms with E-state index in [-0.39, 0.29) is 11.4 Å². The Hall–Kier alpha value is -1.39. The summed E-state index contributed by atoms with van der Waals surface area (Å²) in [6.45, 7) is 7.38. The van der Waals surface area contributed by atoms with Crippen molar-refractivity contribution in [3.63, 3.8) is 0 Å². The average Bonchev–Trinajstić information content (AvgIpc) is 2.75. The lowest BCUT2D eigenvalue weighted by molar-refractivity contribution is 0.424. The van der Waals surface area contributed by atoms with Crippen molar-refractivity contribution in [2.45, 2.75) is 39.4 Å². The van der Waals surface area contributed by atoms with Gasteiger partial charge in [0.05, 0.1) is 17.8 Å². The van der Waals surface area contributed by atoms with Crippen LogP contribution in [0.1, 0.15) is 31.9 Å². The fraction of sp³-hybridized carbons (Fsp3) is 0.400. The maximum absolute atomic E-state index is 13.8. The Labute approximate surface area is 123 Å². The molecule has 5 heteroatoms. The van der Waals surface area contributed by atoms with Crippen molar-refractivity contribution in [2.75, 3.05) is 0 Å². The van der Waals surface area contributed by atoms with E-state index >= 15 is 0 Å². The zero-order chi connectivity index (χ0) is 14.8. The molecular formula is C15H19ClFN3. The van der Waals surface area contributed by atoms with Crippen LogP contribution in [-0.4, -0.2) is 15.3 Å². The Kier molecular flexibility index (Phi) is 4.45. The van der Waals surface area contributed by atoms with Gasteiger partial charge in [0.15, 0.2) is 0 Å². The summed E-state index contributed by atoms with van der Waals surface area (Å²) in [7, 11) is 0. The first kappa shape index (κ1) is 15.0. The zero-order valence-corrected chi connectivity index (χ0v) is 12.7. The van der Waals surface area contributed by atoms with Crippen LogP contribution in [-0.2, 0) is 13.1 Å². The molecule has 2 aromatic rings. The normalized spacial score (nSPS) is 11.8. The van der Waals surface area contributed by atoms with Crippen LogP contribution in [0.25, 0.3) is 0 Å². The number of halogens is 2. The molecule has 3 nitrogen and oxygen atoms in total. The standard InChI is InChI=1S/C15H19ClFN3/c1-15(2,3)18-7-11-4-5-14(17)12(6-11)9-20-10-13(16)8-19-20/h4-6,8,10,18H,7,9H2,1-3H3. The van der Waals surface area contributed by atoms with E-state index in [4.69, 9.17) is 11.6 Å². The molecule has 0 radical (unpaired) electrons. The second kappa shape index (κ2) is 5.94. The topological polar surface area (TPSA) is 29.9 Å². The summed E-state index contributed by atoms with van der Waals surface area (Å²) in [5.74, 6) is -0.226. The number of aromatic nitrogens is 2. The summed E-state index contributed by atoms with van der Waals surface area (Å²) < 4.78 is 15.5. The SMILES string of the molecule is CC(C)(C)NCc1ccc(F)c(Cn2cc(Cl)cn2)c1. The van der Waals surface area contributed by atoms with Crippen molar-refractivity contribution >= 4 is 11.6 Å². The molecule has 0 fully saturated rings. The van der Waals surface area contributed by atoms with Gasteiger partial charge in [0.25, 0.3) is 0 Å². The highest BCUT2D eigenvalue weighted by Crippen LogP contribution is 2.14. The molecule has 1 N–H and O–H groups in total.